The third kappa shape index (κ3) is 5.11. The molecule has 29 heavy (non-hydrogen) atoms. The molecule has 1 saturated heterocycles. The molecular formula is C23H31N3O2S. The highest BCUT2D eigenvalue weighted by atomic mass is 32.2. The fraction of sp³-hybridized carbons (Fsp3) is 0.478. The minimum atomic E-state index is 0.180. The minimum Gasteiger partial charge on any atom is -0.487 e. The molecule has 0 bridgehead atoms. The van der Waals surface area contributed by atoms with Crippen molar-refractivity contribution in [2.45, 2.75) is 46.1 Å². The number of aromatic nitrogens is 1. The second-order valence-electron chi connectivity index (χ2n) is 7.04. The van der Waals surface area contributed by atoms with Gasteiger partial charge < -0.3 is 9.64 Å². The maximum absolute atomic E-state index is 11.9. The van der Waals surface area contributed by atoms with E-state index in [-0.39, 0.29) is 12.0 Å². The van der Waals surface area contributed by atoms with Gasteiger partial charge in [0.1, 0.15) is 11.9 Å². The van der Waals surface area contributed by atoms with E-state index in [1.54, 1.807) is 11.1 Å². The Morgan fingerprint density at radius 1 is 1.17 bits per heavy atom. The predicted molar refractivity (Wildman–Crippen MR) is 121 cm³/mol. The molecule has 1 aromatic heterocycles. The summed E-state index contributed by atoms with van der Waals surface area (Å²) in [5, 5.41) is 0. The van der Waals surface area contributed by atoms with Crippen molar-refractivity contribution in [2.75, 3.05) is 30.8 Å². The summed E-state index contributed by atoms with van der Waals surface area (Å²) in [5.74, 6) is 2.10. The molecule has 1 aromatic carbocycles. The van der Waals surface area contributed by atoms with Gasteiger partial charge in [-0.3, -0.25) is 9.78 Å². The van der Waals surface area contributed by atoms with Crippen LogP contribution in [-0.4, -0.2) is 47.2 Å². The lowest BCUT2D eigenvalue weighted by Gasteiger charge is -2.26. The molecule has 5 nitrogen and oxygen atoms in total. The second-order valence-corrected chi connectivity index (χ2v) is 8.39. The molecule has 4 rings (SSSR count). The predicted octanol–water partition coefficient (Wildman–Crippen LogP) is 4.81. The van der Waals surface area contributed by atoms with Gasteiger partial charge in [-0.2, -0.15) is 0 Å². The van der Waals surface area contributed by atoms with Crippen molar-refractivity contribution in [1.29, 1.82) is 0 Å². The Labute approximate surface area is 178 Å². The monoisotopic (exact) mass is 413 g/mol. The Morgan fingerprint density at radius 3 is 2.79 bits per heavy atom. The van der Waals surface area contributed by atoms with E-state index in [0.29, 0.717) is 6.42 Å². The Bertz CT molecular complexity index is 843. The van der Waals surface area contributed by atoms with Gasteiger partial charge in [-0.05, 0) is 42.2 Å². The first kappa shape index (κ1) is 21.7. The lowest BCUT2D eigenvalue weighted by Crippen LogP contribution is -2.30. The SMILES string of the molecule is CC.CCSN1CC[C@H](Oc2cncc(-c3ccc4c(c3)CCC(=O)N4C)c2)C1. The average Bonchev–Trinajstić information content (AvgIpc) is 3.19. The minimum absolute atomic E-state index is 0.180. The summed E-state index contributed by atoms with van der Waals surface area (Å²) in [5.41, 5.74) is 4.38. The highest BCUT2D eigenvalue weighted by Gasteiger charge is 2.24. The number of aryl methyl sites for hydroxylation is 1. The van der Waals surface area contributed by atoms with E-state index in [1.807, 2.05) is 45.1 Å². The molecule has 0 N–H and O–H groups in total. The van der Waals surface area contributed by atoms with Gasteiger partial charge in [0.05, 0.1) is 6.20 Å². The molecule has 1 atom stereocenters. The van der Waals surface area contributed by atoms with Gasteiger partial charge in [0.2, 0.25) is 5.91 Å². The number of fused-ring (bicyclic) bond motifs is 1. The molecule has 156 valence electrons. The molecule has 0 aliphatic carbocycles. The van der Waals surface area contributed by atoms with Crippen molar-refractivity contribution in [3.63, 3.8) is 0 Å². The first-order valence-electron chi connectivity index (χ1n) is 10.5. The number of rotatable bonds is 5. The standard InChI is InChI=1S/C21H25N3O2S.C2H6/c1-3-27-24-9-8-18(14-24)26-19-11-17(12-22-13-19)15-4-6-20-16(10-15)5-7-21(25)23(20)2;1-2/h4,6,10-13,18H,3,5,7-9,14H2,1-2H3;1-2H3/t18-;/m0./s1. The van der Waals surface area contributed by atoms with Gasteiger partial charge in [0, 0.05) is 49.8 Å². The fourth-order valence-corrected chi connectivity index (χ4v) is 4.63. The van der Waals surface area contributed by atoms with Crippen LogP contribution in [0.2, 0.25) is 0 Å². The third-order valence-electron chi connectivity index (χ3n) is 5.19. The molecule has 2 aliphatic heterocycles. The number of ether oxygens (including phenoxy) is 1. The lowest BCUT2D eigenvalue weighted by atomic mass is 9.97. The Morgan fingerprint density at radius 2 is 2.00 bits per heavy atom. The normalized spacial score (nSPS) is 18.8. The van der Waals surface area contributed by atoms with Crippen LogP contribution in [0, 0.1) is 0 Å². The van der Waals surface area contributed by atoms with Gasteiger partial charge in [0.25, 0.3) is 0 Å². The highest BCUT2D eigenvalue weighted by molar-refractivity contribution is 7.96. The summed E-state index contributed by atoms with van der Waals surface area (Å²) < 4.78 is 8.57. The Balaban J connectivity index is 0.00000117. The van der Waals surface area contributed by atoms with E-state index in [9.17, 15) is 4.79 Å². The smallest absolute Gasteiger partial charge is 0.227 e. The van der Waals surface area contributed by atoms with Crippen LogP contribution in [0.1, 0.15) is 39.2 Å². The van der Waals surface area contributed by atoms with Gasteiger partial charge >= 0.3 is 0 Å². The number of hydrogen-bond donors (Lipinski definition) is 0. The molecule has 1 fully saturated rings. The van der Waals surface area contributed by atoms with Crippen LogP contribution in [0.5, 0.6) is 5.75 Å². The number of benzene rings is 1. The zero-order valence-corrected chi connectivity index (χ0v) is 18.7. The number of anilines is 1. The van der Waals surface area contributed by atoms with E-state index in [2.05, 4.69) is 34.4 Å². The molecule has 2 aliphatic rings. The van der Waals surface area contributed by atoms with E-state index in [1.165, 1.54) is 5.56 Å². The van der Waals surface area contributed by atoms with Crippen molar-refractivity contribution in [3.8, 4) is 16.9 Å². The molecule has 3 heterocycles. The highest BCUT2D eigenvalue weighted by Crippen LogP contribution is 2.32. The van der Waals surface area contributed by atoms with Gasteiger partial charge in [0.15, 0.2) is 0 Å². The zero-order chi connectivity index (χ0) is 20.8. The number of carbonyl (C=O) groups excluding carboxylic acids is 1. The van der Waals surface area contributed by atoms with E-state index < -0.39 is 0 Å². The largest absolute Gasteiger partial charge is 0.487 e. The fourth-order valence-electron chi connectivity index (χ4n) is 3.76. The first-order chi connectivity index (χ1) is 14.1. The van der Waals surface area contributed by atoms with E-state index in [4.69, 9.17) is 4.74 Å². The van der Waals surface area contributed by atoms with E-state index >= 15 is 0 Å². The number of hydrogen-bond acceptors (Lipinski definition) is 5. The maximum atomic E-state index is 11.9. The summed E-state index contributed by atoms with van der Waals surface area (Å²) in [6.45, 7) is 8.22. The van der Waals surface area contributed by atoms with Crippen LogP contribution in [0.4, 0.5) is 5.69 Å². The van der Waals surface area contributed by atoms with Crippen LogP contribution in [-0.2, 0) is 11.2 Å². The number of amides is 1. The zero-order valence-electron chi connectivity index (χ0n) is 17.9. The summed E-state index contributed by atoms with van der Waals surface area (Å²) in [7, 11) is 1.84. The van der Waals surface area contributed by atoms with Gasteiger partial charge in [-0.15, -0.1) is 0 Å². The molecule has 6 heteroatoms. The molecule has 0 unspecified atom stereocenters. The second kappa shape index (κ2) is 10.1. The molecule has 2 aromatic rings. The molecular weight excluding hydrogens is 382 g/mol. The van der Waals surface area contributed by atoms with Crippen molar-refractivity contribution in [2.24, 2.45) is 0 Å². The lowest BCUT2D eigenvalue weighted by molar-refractivity contribution is -0.118. The van der Waals surface area contributed by atoms with Crippen LogP contribution < -0.4 is 9.64 Å². The quantitative estimate of drug-likeness (QED) is 0.659. The summed E-state index contributed by atoms with van der Waals surface area (Å²) in [6, 6.07) is 8.34. The van der Waals surface area contributed by atoms with Crippen LogP contribution in [0.15, 0.2) is 36.7 Å². The van der Waals surface area contributed by atoms with E-state index in [0.717, 1.165) is 54.2 Å². The van der Waals surface area contributed by atoms with Crippen LogP contribution in [0.3, 0.4) is 0 Å². The summed E-state index contributed by atoms with van der Waals surface area (Å²) in [6.07, 6.45) is 6.32. The molecule has 0 radical (unpaired) electrons. The van der Waals surface area contributed by atoms with Crippen molar-refractivity contribution >= 4 is 23.5 Å². The van der Waals surface area contributed by atoms with Crippen molar-refractivity contribution in [3.05, 3.63) is 42.2 Å². The summed E-state index contributed by atoms with van der Waals surface area (Å²) >= 11 is 1.88. The van der Waals surface area contributed by atoms with Crippen LogP contribution in [0.25, 0.3) is 11.1 Å². The van der Waals surface area contributed by atoms with Crippen molar-refractivity contribution in [1.82, 2.24) is 9.29 Å². The summed E-state index contributed by atoms with van der Waals surface area (Å²) in [4.78, 5) is 18.0. The maximum Gasteiger partial charge on any atom is 0.227 e. The first-order valence-corrected chi connectivity index (χ1v) is 11.5. The average molecular weight is 414 g/mol. The van der Waals surface area contributed by atoms with Gasteiger partial charge in [-0.1, -0.05) is 38.8 Å². The molecule has 1 amide bonds. The molecule has 0 saturated carbocycles. The number of carbonyl (C=O) groups is 1. The topological polar surface area (TPSA) is 45.7 Å². The van der Waals surface area contributed by atoms with Crippen LogP contribution >= 0.6 is 11.9 Å². The third-order valence-corrected chi connectivity index (χ3v) is 6.15. The van der Waals surface area contributed by atoms with Gasteiger partial charge in [-0.25, -0.2) is 4.31 Å². The Hall–Kier alpha value is -2.05. The number of pyridine rings is 1. The number of nitrogens with zero attached hydrogens (tertiary/aromatic N) is 3. The van der Waals surface area contributed by atoms with Crippen molar-refractivity contribution < 1.29 is 9.53 Å². The molecule has 0 spiro atoms. The Kier molecular flexibility index (Phi) is 7.56.